The van der Waals surface area contributed by atoms with E-state index in [1.807, 2.05) is 13.8 Å². The topological polar surface area (TPSA) is 29.5 Å². The van der Waals surface area contributed by atoms with E-state index in [0.717, 1.165) is 19.6 Å². The van der Waals surface area contributed by atoms with Crippen molar-refractivity contribution in [1.82, 2.24) is 4.90 Å². The molecule has 3 heteroatoms. The van der Waals surface area contributed by atoms with Crippen LogP contribution in [-0.2, 0) is 9.53 Å². The molecule has 1 rings (SSSR count). The molecular formula is C12H23NO2. The van der Waals surface area contributed by atoms with Crippen LogP contribution in [-0.4, -0.2) is 42.5 Å². The Morgan fingerprint density at radius 3 is 2.47 bits per heavy atom. The second-order valence-corrected chi connectivity index (χ2v) is 4.81. The van der Waals surface area contributed by atoms with Gasteiger partial charge < -0.3 is 4.74 Å². The van der Waals surface area contributed by atoms with Gasteiger partial charge in [-0.2, -0.15) is 0 Å². The average Bonchev–Trinajstić information content (AvgIpc) is 2.40. The standard InChI is InChI=1S/C12H23NO2/c1-9(2)12(14)11-5-7-15-8-6-13(11)10(3)4/h9-11H,5-8H2,1-4H3. The number of hydrogen-bond donors (Lipinski definition) is 0. The number of hydrogen-bond acceptors (Lipinski definition) is 3. The van der Waals surface area contributed by atoms with E-state index in [4.69, 9.17) is 4.74 Å². The number of ketones is 1. The molecule has 0 bridgehead atoms. The molecule has 1 saturated heterocycles. The number of Topliss-reactive ketones (excluding diaryl/α,β-unsaturated/α-hetero) is 1. The molecule has 0 amide bonds. The largest absolute Gasteiger partial charge is 0.380 e. The number of carbonyl (C=O) groups is 1. The molecule has 0 radical (unpaired) electrons. The van der Waals surface area contributed by atoms with Crippen molar-refractivity contribution >= 4 is 5.78 Å². The van der Waals surface area contributed by atoms with Crippen LogP contribution >= 0.6 is 0 Å². The van der Waals surface area contributed by atoms with Gasteiger partial charge in [-0.05, 0) is 20.3 Å². The molecule has 3 nitrogen and oxygen atoms in total. The number of rotatable bonds is 3. The third kappa shape index (κ3) is 3.28. The van der Waals surface area contributed by atoms with Crippen LogP contribution in [0.25, 0.3) is 0 Å². The van der Waals surface area contributed by atoms with E-state index < -0.39 is 0 Å². The molecule has 1 heterocycles. The Hall–Kier alpha value is -0.410. The van der Waals surface area contributed by atoms with E-state index in [0.29, 0.717) is 18.4 Å². The monoisotopic (exact) mass is 213 g/mol. The highest BCUT2D eigenvalue weighted by molar-refractivity contribution is 5.85. The lowest BCUT2D eigenvalue weighted by atomic mass is 9.97. The highest BCUT2D eigenvalue weighted by atomic mass is 16.5. The number of nitrogens with zero attached hydrogens (tertiary/aromatic N) is 1. The van der Waals surface area contributed by atoms with Crippen LogP contribution < -0.4 is 0 Å². The molecule has 1 atom stereocenters. The maximum Gasteiger partial charge on any atom is 0.152 e. The molecular weight excluding hydrogens is 190 g/mol. The summed E-state index contributed by atoms with van der Waals surface area (Å²) >= 11 is 0. The van der Waals surface area contributed by atoms with Crippen molar-refractivity contribution in [3.8, 4) is 0 Å². The van der Waals surface area contributed by atoms with Crippen LogP contribution in [0.3, 0.4) is 0 Å². The predicted molar refractivity (Wildman–Crippen MR) is 60.9 cm³/mol. The summed E-state index contributed by atoms with van der Waals surface area (Å²) in [5.74, 6) is 0.476. The fraction of sp³-hybridized carbons (Fsp3) is 0.917. The third-order valence-corrected chi connectivity index (χ3v) is 2.99. The normalized spacial score (nSPS) is 24.5. The number of carbonyl (C=O) groups excluding carboxylic acids is 1. The van der Waals surface area contributed by atoms with Gasteiger partial charge in [0.2, 0.25) is 0 Å². The summed E-state index contributed by atoms with van der Waals surface area (Å²) in [4.78, 5) is 14.3. The van der Waals surface area contributed by atoms with Crippen LogP contribution in [0.15, 0.2) is 0 Å². The van der Waals surface area contributed by atoms with Crippen LogP contribution in [0.4, 0.5) is 0 Å². The highest BCUT2D eigenvalue weighted by Gasteiger charge is 2.30. The lowest BCUT2D eigenvalue weighted by molar-refractivity contribution is -0.128. The zero-order valence-electron chi connectivity index (χ0n) is 10.3. The lowest BCUT2D eigenvalue weighted by Crippen LogP contribution is -2.47. The van der Waals surface area contributed by atoms with Gasteiger partial charge in [-0.15, -0.1) is 0 Å². The average molecular weight is 213 g/mol. The number of ether oxygens (including phenoxy) is 1. The summed E-state index contributed by atoms with van der Waals surface area (Å²) < 4.78 is 5.44. The lowest BCUT2D eigenvalue weighted by Gasteiger charge is -2.32. The minimum absolute atomic E-state index is 0.0625. The first-order chi connectivity index (χ1) is 7.04. The van der Waals surface area contributed by atoms with E-state index in [2.05, 4.69) is 18.7 Å². The quantitative estimate of drug-likeness (QED) is 0.715. The van der Waals surface area contributed by atoms with E-state index in [9.17, 15) is 4.79 Å². The van der Waals surface area contributed by atoms with Crippen LogP contribution in [0.5, 0.6) is 0 Å². The summed E-state index contributed by atoms with van der Waals surface area (Å²) in [6.07, 6.45) is 0.842. The SMILES string of the molecule is CC(C)C(=O)C1CCOCCN1C(C)C. The maximum absolute atomic E-state index is 12.1. The first kappa shape index (κ1) is 12.7. The van der Waals surface area contributed by atoms with Crippen molar-refractivity contribution in [3.63, 3.8) is 0 Å². The van der Waals surface area contributed by atoms with Gasteiger partial charge >= 0.3 is 0 Å². The Morgan fingerprint density at radius 2 is 1.93 bits per heavy atom. The summed E-state index contributed by atoms with van der Waals surface area (Å²) in [7, 11) is 0. The van der Waals surface area contributed by atoms with Gasteiger partial charge in [-0.25, -0.2) is 0 Å². The maximum atomic E-state index is 12.1. The van der Waals surface area contributed by atoms with E-state index in [-0.39, 0.29) is 12.0 Å². The third-order valence-electron chi connectivity index (χ3n) is 2.99. The molecule has 15 heavy (non-hydrogen) atoms. The van der Waals surface area contributed by atoms with Crippen molar-refractivity contribution in [3.05, 3.63) is 0 Å². The van der Waals surface area contributed by atoms with Crippen LogP contribution in [0.1, 0.15) is 34.1 Å². The second-order valence-electron chi connectivity index (χ2n) is 4.81. The Balaban J connectivity index is 2.74. The molecule has 0 N–H and O–H groups in total. The molecule has 1 unspecified atom stereocenters. The molecule has 1 fully saturated rings. The zero-order chi connectivity index (χ0) is 11.4. The molecule has 0 aromatic carbocycles. The summed E-state index contributed by atoms with van der Waals surface area (Å²) in [6.45, 7) is 10.6. The highest BCUT2D eigenvalue weighted by Crippen LogP contribution is 2.16. The van der Waals surface area contributed by atoms with Gasteiger partial charge in [0, 0.05) is 25.1 Å². The minimum Gasteiger partial charge on any atom is -0.380 e. The van der Waals surface area contributed by atoms with Gasteiger partial charge in [0.15, 0.2) is 5.78 Å². The Bertz CT molecular complexity index is 214. The van der Waals surface area contributed by atoms with Crippen molar-refractivity contribution in [2.75, 3.05) is 19.8 Å². The Morgan fingerprint density at radius 1 is 1.27 bits per heavy atom. The Labute approximate surface area is 92.8 Å². The smallest absolute Gasteiger partial charge is 0.152 e. The molecule has 0 aromatic rings. The predicted octanol–water partition coefficient (Wildman–Crippen LogP) is 1.71. The van der Waals surface area contributed by atoms with Gasteiger partial charge in [0.05, 0.1) is 12.6 Å². The molecule has 88 valence electrons. The fourth-order valence-corrected chi connectivity index (χ4v) is 2.10. The second kappa shape index (κ2) is 5.61. The van der Waals surface area contributed by atoms with Crippen molar-refractivity contribution in [2.45, 2.75) is 46.2 Å². The van der Waals surface area contributed by atoms with Crippen molar-refractivity contribution < 1.29 is 9.53 Å². The fourth-order valence-electron chi connectivity index (χ4n) is 2.10. The van der Waals surface area contributed by atoms with Crippen LogP contribution in [0.2, 0.25) is 0 Å². The minimum atomic E-state index is 0.0625. The first-order valence-corrected chi connectivity index (χ1v) is 5.91. The van der Waals surface area contributed by atoms with Gasteiger partial charge in [-0.3, -0.25) is 9.69 Å². The van der Waals surface area contributed by atoms with Gasteiger partial charge in [-0.1, -0.05) is 13.8 Å². The molecule has 0 spiro atoms. The summed E-state index contributed by atoms with van der Waals surface area (Å²) in [5, 5.41) is 0. The van der Waals surface area contributed by atoms with Crippen LogP contribution in [0, 0.1) is 5.92 Å². The molecule has 0 saturated carbocycles. The molecule has 0 aliphatic carbocycles. The van der Waals surface area contributed by atoms with Crippen molar-refractivity contribution in [1.29, 1.82) is 0 Å². The van der Waals surface area contributed by atoms with E-state index in [1.54, 1.807) is 0 Å². The summed E-state index contributed by atoms with van der Waals surface area (Å²) in [5.41, 5.74) is 0. The first-order valence-electron chi connectivity index (χ1n) is 5.91. The van der Waals surface area contributed by atoms with E-state index >= 15 is 0 Å². The summed E-state index contributed by atoms with van der Waals surface area (Å²) in [6, 6.07) is 0.479. The molecule has 1 aliphatic heterocycles. The van der Waals surface area contributed by atoms with E-state index in [1.165, 1.54) is 0 Å². The van der Waals surface area contributed by atoms with Crippen molar-refractivity contribution in [2.24, 2.45) is 5.92 Å². The van der Waals surface area contributed by atoms with Gasteiger partial charge in [0.25, 0.3) is 0 Å². The molecule has 1 aliphatic rings. The Kier molecular flexibility index (Phi) is 4.74. The van der Waals surface area contributed by atoms with Gasteiger partial charge in [0.1, 0.15) is 0 Å². The molecule has 0 aromatic heterocycles. The zero-order valence-corrected chi connectivity index (χ0v) is 10.3.